The Kier molecular flexibility index (Phi) is 10.2. The Morgan fingerprint density at radius 3 is 1.24 bits per heavy atom. The Balaban J connectivity index is 1.48. The third kappa shape index (κ3) is 6.81. The lowest BCUT2D eigenvalue weighted by Crippen LogP contribution is -2.34. The molecule has 0 amide bonds. The molecule has 3 aromatic rings. The van der Waals surface area contributed by atoms with E-state index in [1.54, 1.807) is 40.2 Å². The predicted molar refractivity (Wildman–Crippen MR) is 173 cm³/mol. The first-order valence-electron chi connectivity index (χ1n) is 15.5. The fourth-order valence-corrected chi connectivity index (χ4v) is 6.40. The summed E-state index contributed by atoms with van der Waals surface area (Å²) in [4.78, 5) is 53.0. The minimum Gasteiger partial charge on any atom is -0.497 e. The van der Waals surface area contributed by atoms with Gasteiger partial charge in [0.05, 0.1) is 27.4 Å². The van der Waals surface area contributed by atoms with Gasteiger partial charge < -0.3 is 18.9 Å². The van der Waals surface area contributed by atoms with Gasteiger partial charge in [0, 0.05) is 11.8 Å². The molecule has 8 heteroatoms. The third-order valence-corrected chi connectivity index (χ3v) is 8.73. The zero-order chi connectivity index (χ0) is 32.8. The van der Waals surface area contributed by atoms with Gasteiger partial charge in [-0.3, -0.25) is 19.2 Å². The summed E-state index contributed by atoms with van der Waals surface area (Å²) < 4.78 is 21.2. The highest BCUT2D eigenvalue weighted by molar-refractivity contribution is 6.11. The lowest BCUT2D eigenvalue weighted by atomic mass is 9.71. The van der Waals surface area contributed by atoms with Gasteiger partial charge >= 0.3 is 11.9 Å². The second-order valence-corrected chi connectivity index (χ2v) is 11.3. The van der Waals surface area contributed by atoms with Crippen LogP contribution >= 0.6 is 0 Å². The quantitative estimate of drug-likeness (QED) is 0.191. The van der Waals surface area contributed by atoms with Gasteiger partial charge in [-0.25, -0.2) is 0 Å². The van der Waals surface area contributed by atoms with Crippen LogP contribution in [0.3, 0.4) is 0 Å². The van der Waals surface area contributed by atoms with Gasteiger partial charge in [-0.1, -0.05) is 48.5 Å². The number of rotatable bonds is 10. The van der Waals surface area contributed by atoms with Crippen LogP contribution in [-0.2, 0) is 28.7 Å². The molecule has 2 aliphatic rings. The molecule has 46 heavy (non-hydrogen) atoms. The summed E-state index contributed by atoms with van der Waals surface area (Å²) in [5.41, 5.74) is 4.95. The first kappa shape index (κ1) is 32.4. The first-order chi connectivity index (χ1) is 22.3. The molecule has 2 aliphatic carbocycles. The number of allylic oxidation sites excluding steroid dienone is 4. The Bertz CT molecular complexity index is 1520. The minimum absolute atomic E-state index is 0.165. The molecule has 0 N–H and O–H groups in total. The predicted octanol–water partition coefficient (Wildman–Crippen LogP) is 6.34. The van der Waals surface area contributed by atoms with Crippen LogP contribution in [0.2, 0.25) is 0 Å². The van der Waals surface area contributed by atoms with Crippen molar-refractivity contribution in [3.8, 4) is 11.5 Å². The lowest BCUT2D eigenvalue weighted by Gasteiger charge is -2.31. The molecule has 5 rings (SSSR count). The van der Waals surface area contributed by atoms with Crippen molar-refractivity contribution in [2.75, 3.05) is 27.4 Å². The molecular weight excluding hydrogens is 584 g/mol. The normalized spacial score (nSPS) is 21.1. The highest BCUT2D eigenvalue weighted by Gasteiger charge is 2.42. The van der Waals surface area contributed by atoms with Crippen molar-refractivity contribution in [2.45, 2.75) is 38.5 Å². The van der Waals surface area contributed by atoms with Crippen molar-refractivity contribution >= 4 is 34.7 Å². The van der Waals surface area contributed by atoms with E-state index in [9.17, 15) is 19.2 Å². The molecular formula is C38H38O8. The third-order valence-electron chi connectivity index (χ3n) is 8.73. The monoisotopic (exact) mass is 622 g/mol. The molecule has 0 bridgehead atoms. The maximum Gasteiger partial charge on any atom is 0.317 e. The van der Waals surface area contributed by atoms with Crippen molar-refractivity contribution in [3.63, 3.8) is 0 Å². The van der Waals surface area contributed by atoms with Crippen LogP contribution in [0.15, 0.2) is 84.9 Å². The fraction of sp³-hybridized carbons (Fsp3) is 0.316. The number of methoxy groups -OCH3 is 2. The van der Waals surface area contributed by atoms with Gasteiger partial charge in [-0.2, -0.15) is 0 Å². The van der Waals surface area contributed by atoms with E-state index in [0.717, 1.165) is 33.4 Å². The van der Waals surface area contributed by atoms with Crippen molar-refractivity contribution in [1.82, 2.24) is 0 Å². The number of carbonyl (C=O) groups is 4. The van der Waals surface area contributed by atoms with Crippen molar-refractivity contribution in [1.29, 1.82) is 0 Å². The Labute approximate surface area is 269 Å². The maximum atomic E-state index is 13.4. The summed E-state index contributed by atoms with van der Waals surface area (Å²) >= 11 is 0. The van der Waals surface area contributed by atoms with Gasteiger partial charge in [0.1, 0.15) is 23.3 Å². The van der Waals surface area contributed by atoms with Crippen molar-refractivity contribution in [3.05, 3.63) is 107 Å². The summed E-state index contributed by atoms with van der Waals surface area (Å²) in [6, 6.07) is 22.5. The molecule has 4 unspecified atom stereocenters. The molecule has 0 heterocycles. The van der Waals surface area contributed by atoms with E-state index in [0.29, 0.717) is 24.3 Å². The van der Waals surface area contributed by atoms with E-state index in [4.69, 9.17) is 18.9 Å². The zero-order valence-electron chi connectivity index (χ0n) is 26.5. The molecule has 0 aliphatic heterocycles. The van der Waals surface area contributed by atoms with Crippen LogP contribution in [0.25, 0.3) is 11.1 Å². The number of ether oxygens (including phenoxy) is 4. The van der Waals surface area contributed by atoms with Crippen LogP contribution in [0, 0.1) is 11.8 Å². The number of carbonyl (C=O) groups excluding carboxylic acids is 4. The summed E-state index contributed by atoms with van der Waals surface area (Å²) in [7, 11) is 3.19. The summed E-state index contributed by atoms with van der Waals surface area (Å²) in [5.74, 6) is -3.22. The molecule has 0 saturated carbocycles. The smallest absolute Gasteiger partial charge is 0.317 e. The SMILES string of the molecule is CCOC(=O)C1C(=O)C=C(c2ccc(OC)cc2)CC1c1ccc(C2CC(c3ccc(OC)cc3)=CC(=O)C2C(=O)OCC)cc1. The Morgan fingerprint density at radius 1 is 0.587 bits per heavy atom. The zero-order valence-corrected chi connectivity index (χ0v) is 26.5. The lowest BCUT2D eigenvalue weighted by molar-refractivity contribution is -0.153. The fourth-order valence-electron chi connectivity index (χ4n) is 6.40. The Hall–Kier alpha value is -4.98. The van der Waals surface area contributed by atoms with Crippen LogP contribution in [0.5, 0.6) is 11.5 Å². The number of esters is 2. The van der Waals surface area contributed by atoms with Crippen LogP contribution < -0.4 is 9.47 Å². The van der Waals surface area contributed by atoms with Gasteiger partial charge in [-0.05, 0) is 96.5 Å². The summed E-state index contributed by atoms with van der Waals surface area (Å²) in [6.07, 6.45) is 3.97. The van der Waals surface area contributed by atoms with Gasteiger partial charge in [-0.15, -0.1) is 0 Å². The van der Waals surface area contributed by atoms with Gasteiger partial charge in [0.2, 0.25) is 0 Å². The summed E-state index contributed by atoms with van der Waals surface area (Å²) in [5, 5.41) is 0. The molecule has 0 spiro atoms. The van der Waals surface area contributed by atoms with Gasteiger partial charge in [0.25, 0.3) is 0 Å². The molecule has 8 nitrogen and oxygen atoms in total. The second kappa shape index (κ2) is 14.4. The minimum atomic E-state index is -0.985. The van der Waals surface area contributed by atoms with Gasteiger partial charge in [0.15, 0.2) is 11.6 Å². The number of benzene rings is 3. The largest absolute Gasteiger partial charge is 0.497 e. The maximum absolute atomic E-state index is 13.4. The van der Waals surface area contributed by atoms with Crippen LogP contribution in [-0.4, -0.2) is 50.9 Å². The van der Waals surface area contributed by atoms with Crippen molar-refractivity contribution < 1.29 is 38.1 Å². The van der Waals surface area contributed by atoms with E-state index < -0.39 is 35.6 Å². The molecule has 3 aromatic carbocycles. The van der Waals surface area contributed by atoms with E-state index in [1.807, 2.05) is 72.8 Å². The summed E-state index contributed by atoms with van der Waals surface area (Å²) in [6.45, 7) is 3.76. The topological polar surface area (TPSA) is 105 Å². The number of ketones is 2. The van der Waals surface area contributed by atoms with E-state index in [-0.39, 0.29) is 24.8 Å². The average Bonchev–Trinajstić information content (AvgIpc) is 3.07. The highest BCUT2D eigenvalue weighted by atomic mass is 16.5. The van der Waals surface area contributed by atoms with E-state index in [1.165, 1.54) is 0 Å². The molecule has 0 fully saturated rings. The second-order valence-electron chi connectivity index (χ2n) is 11.3. The van der Waals surface area contributed by atoms with Crippen molar-refractivity contribution in [2.24, 2.45) is 11.8 Å². The molecule has 238 valence electrons. The van der Waals surface area contributed by atoms with Crippen LogP contribution in [0.1, 0.15) is 60.8 Å². The Morgan fingerprint density at radius 2 is 0.935 bits per heavy atom. The highest BCUT2D eigenvalue weighted by Crippen LogP contribution is 2.43. The molecule has 0 saturated heterocycles. The van der Waals surface area contributed by atoms with E-state index >= 15 is 0 Å². The average molecular weight is 623 g/mol. The molecule has 4 atom stereocenters. The number of hydrogen-bond donors (Lipinski definition) is 0. The molecule has 0 radical (unpaired) electrons. The van der Waals surface area contributed by atoms with E-state index in [2.05, 4.69) is 0 Å². The first-order valence-corrected chi connectivity index (χ1v) is 15.5. The standard InChI is InChI=1S/C38H38O8/c1-5-45-37(41)35-31(19-27(21-33(35)39)23-11-15-29(43-3)16-12-23)25-7-9-26(10-8-25)32-20-28(24-13-17-30(44-4)18-14-24)22-34(40)36(32)38(42)46-6-2/h7-18,21-22,31-32,35-36H,5-6,19-20H2,1-4H3. The number of hydrogen-bond acceptors (Lipinski definition) is 8. The molecule has 0 aromatic heterocycles. The van der Waals surface area contributed by atoms with Crippen LogP contribution in [0.4, 0.5) is 0 Å².